The topological polar surface area (TPSA) is 71.2 Å². The van der Waals surface area contributed by atoms with E-state index in [0.29, 0.717) is 17.8 Å². The van der Waals surface area contributed by atoms with Gasteiger partial charge in [0.05, 0.1) is 12.3 Å². The summed E-state index contributed by atoms with van der Waals surface area (Å²) in [5.74, 6) is -0.549. The van der Waals surface area contributed by atoms with Crippen molar-refractivity contribution in [1.29, 1.82) is 0 Å². The molecule has 0 aliphatic carbocycles. The Kier molecular flexibility index (Phi) is 4.98. The molecule has 112 valence electrons. The summed E-state index contributed by atoms with van der Waals surface area (Å²) in [5.41, 5.74) is 1.60. The number of ether oxygens (including phenoxy) is 1. The SMILES string of the molecule is CCCCC(=O)Nc1c(C(=O)OCC)[nH]c2ccccc12. The molecule has 2 N–H and O–H groups in total. The number of para-hydroxylation sites is 1. The normalized spacial score (nSPS) is 10.6. The number of hydrogen-bond donors (Lipinski definition) is 2. The minimum atomic E-state index is -0.459. The Labute approximate surface area is 123 Å². The highest BCUT2D eigenvalue weighted by Gasteiger charge is 2.20. The van der Waals surface area contributed by atoms with Gasteiger partial charge in [0.15, 0.2) is 0 Å². The van der Waals surface area contributed by atoms with Gasteiger partial charge in [-0.15, -0.1) is 0 Å². The maximum absolute atomic E-state index is 12.0. The minimum Gasteiger partial charge on any atom is -0.461 e. The maximum Gasteiger partial charge on any atom is 0.356 e. The van der Waals surface area contributed by atoms with Crippen molar-refractivity contribution in [2.24, 2.45) is 0 Å². The van der Waals surface area contributed by atoms with E-state index in [4.69, 9.17) is 4.74 Å². The second-order valence-electron chi connectivity index (χ2n) is 4.79. The van der Waals surface area contributed by atoms with Crippen LogP contribution in [0, 0.1) is 0 Å². The number of H-pyrrole nitrogens is 1. The standard InChI is InChI=1S/C16H20N2O3/c1-3-5-10-13(19)18-14-11-8-6-7-9-12(11)17-15(14)16(20)21-4-2/h6-9,17H,3-5,10H2,1-2H3,(H,18,19). The van der Waals surface area contributed by atoms with Crippen LogP contribution in [0.3, 0.4) is 0 Å². The highest BCUT2D eigenvalue weighted by atomic mass is 16.5. The van der Waals surface area contributed by atoms with E-state index in [9.17, 15) is 9.59 Å². The van der Waals surface area contributed by atoms with Crippen LogP contribution in [0.4, 0.5) is 5.69 Å². The van der Waals surface area contributed by atoms with E-state index in [1.165, 1.54) is 0 Å². The second-order valence-corrected chi connectivity index (χ2v) is 4.79. The summed E-state index contributed by atoms with van der Waals surface area (Å²) < 4.78 is 5.04. The Morgan fingerprint density at radius 3 is 2.71 bits per heavy atom. The third-order valence-electron chi connectivity index (χ3n) is 3.21. The van der Waals surface area contributed by atoms with Crippen molar-refractivity contribution in [3.63, 3.8) is 0 Å². The third-order valence-corrected chi connectivity index (χ3v) is 3.21. The number of fused-ring (bicyclic) bond motifs is 1. The molecule has 0 saturated carbocycles. The number of unbranched alkanes of at least 4 members (excludes halogenated alkanes) is 1. The summed E-state index contributed by atoms with van der Waals surface area (Å²) in [5, 5.41) is 3.65. The number of benzene rings is 1. The van der Waals surface area contributed by atoms with Crippen molar-refractivity contribution in [1.82, 2.24) is 4.98 Å². The predicted octanol–water partition coefficient (Wildman–Crippen LogP) is 3.47. The molecule has 5 heteroatoms. The molecule has 0 spiro atoms. The predicted molar refractivity (Wildman–Crippen MR) is 82.4 cm³/mol. The van der Waals surface area contributed by atoms with E-state index < -0.39 is 5.97 Å². The molecule has 1 heterocycles. The fourth-order valence-electron chi connectivity index (χ4n) is 2.17. The van der Waals surface area contributed by atoms with Gasteiger partial charge in [-0.05, 0) is 19.4 Å². The van der Waals surface area contributed by atoms with Crippen molar-refractivity contribution in [2.45, 2.75) is 33.1 Å². The lowest BCUT2D eigenvalue weighted by Crippen LogP contribution is -2.15. The summed E-state index contributed by atoms with van der Waals surface area (Å²) in [4.78, 5) is 27.0. The van der Waals surface area contributed by atoms with Gasteiger partial charge in [-0.3, -0.25) is 4.79 Å². The lowest BCUT2D eigenvalue weighted by Gasteiger charge is -2.06. The molecular formula is C16H20N2O3. The number of esters is 1. The quantitative estimate of drug-likeness (QED) is 0.799. The van der Waals surface area contributed by atoms with Crippen molar-refractivity contribution < 1.29 is 14.3 Å². The van der Waals surface area contributed by atoms with Crippen LogP contribution in [0.5, 0.6) is 0 Å². The molecule has 5 nitrogen and oxygen atoms in total. The lowest BCUT2D eigenvalue weighted by atomic mass is 10.2. The Morgan fingerprint density at radius 1 is 1.24 bits per heavy atom. The zero-order valence-corrected chi connectivity index (χ0v) is 12.4. The molecule has 0 radical (unpaired) electrons. The molecule has 2 aromatic rings. The molecule has 0 unspecified atom stereocenters. The summed E-state index contributed by atoms with van der Waals surface area (Å²) >= 11 is 0. The molecule has 1 aromatic carbocycles. The van der Waals surface area contributed by atoms with E-state index in [1.54, 1.807) is 6.92 Å². The lowest BCUT2D eigenvalue weighted by molar-refractivity contribution is -0.116. The first-order chi connectivity index (χ1) is 10.2. The molecule has 1 aromatic heterocycles. The molecule has 0 bridgehead atoms. The van der Waals surface area contributed by atoms with Crippen LogP contribution in [0.25, 0.3) is 10.9 Å². The molecule has 0 atom stereocenters. The monoisotopic (exact) mass is 288 g/mol. The first kappa shape index (κ1) is 15.1. The number of carbonyl (C=O) groups is 2. The average Bonchev–Trinajstić information content (AvgIpc) is 2.84. The molecule has 0 aliphatic rings. The maximum atomic E-state index is 12.0. The van der Waals surface area contributed by atoms with Gasteiger partial charge in [-0.2, -0.15) is 0 Å². The molecule has 1 amide bonds. The fraction of sp³-hybridized carbons (Fsp3) is 0.375. The Morgan fingerprint density at radius 2 is 2.00 bits per heavy atom. The summed E-state index contributed by atoms with van der Waals surface area (Å²) in [6.07, 6.45) is 2.22. The van der Waals surface area contributed by atoms with E-state index in [1.807, 2.05) is 31.2 Å². The summed E-state index contributed by atoms with van der Waals surface area (Å²) in [6.45, 7) is 4.07. The molecular weight excluding hydrogens is 268 g/mol. The van der Waals surface area contributed by atoms with Gasteiger partial charge >= 0.3 is 5.97 Å². The largest absolute Gasteiger partial charge is 0.461 e. The van der Waals surface area contributed by atoms with Gasteiger partial charge in [0, 0.05) is 17.3 Å². The van der Waals surface area contributed by atoms with Crippen LogP contribution < -0.4 is 5.32 Å². The molecule has 0 saturated heterocycles. The number of amides is 1. The molecule has 0 aliphatic heterocycles. The fourth-order valence-corrected chi connectivity index (χ4v) is 2.17. The number of rotatable bonds is 6. The highest BCUT2D eigenvalue weighted by Crippen LogP contribution is 2.28. The van der Waals surface area contributed by atoms with Gasteiger partial charge in [-0.25, -0.2) is 4.79 Å². The van der Waals surface area contributed by atoms with Crippen molar-refractivity contribution in [3.05, 3.63) is 30.0 Å². The molecule has 21 heavy (non-hydrogen) atoms. The number of nitrogens with one attached hydrogen (secondary N) is 2. The van der Waals surface area contributed by atoms with Crippen LogP contribution in [0.2, 0.25) is 0 Å². The Hall–Kier alpha value is -2.30. The number of anilines is 1. The van der Waals surface area contributed by atoms with Crippen LogP contribution in [0.15, 0.2) is 24.3 Å². The number of hydrogen-bond acceptors (Lipinski definition) is 3. The second kappa shape index (κ2) is 6.92. The smallest absolute Gasteiger partial charge is 0.356 e. The van der Waals surface area contributed by atoms with Gasteiger partial charge in [0.2, 0.25) is 5.91 Å². The van der Waals surface area contributed by atoms with Crippen LogP contribution in [-0.2, 0) is 9.53 Å². The van der Waals surface area contributed by atoms with E-state index in [2.05, 4.69) is 10.3 Å². The molecule has 0 fully saturated rings. The highest BCUT2D eigenvalue weighted by molar-refractivity contribution is 6.10. The summed E-state index contributed by atoms with van der Waals surface area (Å²) in [6, 6.07) is 7.47. The van der Waals surface area contributed by atoms with Crippen LogP contribution in [0.1, 0.15) is 43.6 Å². The Balaban J connectivity index is 2.36. The minimum absolute atomic E-state index is 0.0906. The zero-order chi connectivity index (χ0) is 15.2. The van der Waals surface area contributed by atoms with Gasteiger partial charge < -0.3 is 15.0 Å². The van der Waals surface area contributed by atoms with Crippen LogP contribution in [-0.4, -0.2) is 23.5 Å². The zero-order valence-electron chi connectivity index (χ0n) is 12.4. The molecule has 2 rings (SSSR count). The average molecular weight is 288 g/mol. The number of aromatic nitrogens is 1. The van der Waals surface area contributed by atoms with E-state index in [-0.39, 0.29) is 12.5 Å². The third kappa shape index (κ3) is 3.42. The van der Waals surface area contributed by atoms with Crippen molar-refractivity contribution >= 4 is 28.5 Å². The van der Waals surface area contributed by atoms with Crippen molar-refractivity contribution in [2.75, 3.05) is 11.9 Å². The van der Waals surface area contributed by atoms with E-state index in [0.717, 1.165) is 23.7 Å². The van der Waals surface area contributed by atoms with E-state index >= 15 is 0 Å². The van der Waals surface area contributed by atoms with Gasteiger partial charge in [0.25, 0.3) is 0 Å². The first-order valence-corrected chi connectivity index (χ1v) is 7.25. The Bertz CT molecular complexity index is 646. The number of carbonyl (C=O) groups excluding carboxylic acids is 2. The summed E-state index contributed by atoms with van der Waals surface area (Å²) in [7, 11) is 0. The van der Waals surface area contributed by atoms with Crippen molar-refractivity contribution in [3.8, 4) is 0 Å². The van der Waals surface area contributed by atoms with Gasteiger partial charge in [-0.1, -0.05) is 31.5 Å². The van der Waals surface area contributed by atoms with Crippen LogP contribution >= 0.6 is 0 Å². The number of aromatic amines is 1. The van der Waals surface area contributed by atoms with Gasteiger partial charge in [0.1, 0.15) is 5.69 Å². The first-order valence-electron chi connectivity index (χ1n) is 7.25.